The predicted octanol–water partition coefficient (Wildman–Crippen LogP) is 6.73. The van der Waals surface area contributed by atoms with Crippen molar-refractivity contribution in [1.29, 1.82) is 0 Å². The molecule has 1 atom stereocenters. The van der Waals surface area contributed by atoms with E-state index >= 15 is 0 Å². The number of carboxylic acid groups (broad SMARTS) is 1. The van der Waals surface area contributed by atoms with Gasteiger partial charge in [0.25, 0.3) is 5.97 Å². The molecule has 4 aromatic heterocycles. The smallest absolute Gasteiger partial charge is 0.300 e. The van der Waals surface area contributed by atoms with E-state index in [0.717, 1.165) is 67.8 Å². The van der Waals surface area contributed by atoms with Gasteiger partial charge >= 0.3 is 0 Å². The molecule has 11 nitrogen and oxygen atoms in total. The van der Waals surface area contributed by atoms with Crippen LogP contribution >= 0.6 is 0 Å². The van der Waals surface area contributed by atoms with Gasteiger partial charge in [0.15, 0.2) is 5.78 Å². The lowest BCUT2D eigenvalue weighted by Gasteiger charge is -2.22. The van der Waals surface area contributed by atoms with Crippen LogP contribution in [-0.2, 0) is 21.4 Å². The lowest BCUT2D eigenvalue weighted by molar-refractivity contribution is -0.134. The van der Waals surface area contributed by atoms with Crippen molar-refractivity contribution in [3.8, 4) is 22.5 Å². The molecular weight excluding hydrogens is 620 g/mol. The van der Waals surface area contributed by atoms with Crippen molar-refractivity contribution in [2.45, 2.75) is 83.6 Å². The van der Waals surface area contributed by atoms with E-state index in [0.29, 0.717) is 12.2 Å². The molecule has 0 bridgehead atoms. The number of aromatic nitrogens is 6. The molecule has 7 rings (SSSR count). The number of fused-ring (bicyclic) bond motifs is 3. The van der Waals surface area contributed by atoms with Crippen molar-refractivity contribution in [3.63, 3.8) is 0 Å². The Balaban J connectivity index is 0.000000191. The standard InChI is InChI=1S/C18H21N3O.C17H19N3O.C2H4O2.CH4O/c1-21-12-17(20-13-21)16-11-19-10-9-14(16)7-8-18(22)15-5-3-2-4-6-15;21-17(12-4-2-1-3-5-12)8-15-13-6-7-18-9-14(13)16-10-19-11-20(15)16;1-2(3)4;1-2/h7-13,15H,2-6H2,1H3;6-7,9-12,15H,1-5,8H2;1H3,(H,3,4);2H,1H3/b8-7+;;;. The number of aliphatic hydroxyl groups is 1. The summed E-state index contributed by atoms with van der Waals surface area (Å²) < 4.78 is 4.04. The molecule has 5 heterocycles. The van der Waals surface area contributed by atoms with Gasteiger partial charge in [0.1, 0.15) is 5.78 Å². The van der Waals surface area contributed by atoms with Crippen molar-refractivity contribution in [3.05, 3.63) is 79.2 Å². The first-order chi connectivity index (χ1) is 23.8. The van der Waals surface area contributed by atoms with Crippen LogP contribution in [0.25, 0.3) is 28.6 Å². The number of rotatable bonds is 7. The Morgan fingerprint density at radius 2 is 1.45 bits per heavy atom. The van der Waals surface area contributed by atoms with Gasteiger partial charge in [-0.05, 0) is 55.0 Å². The Labute approximate surface area is 288 Å². The normalized spacial score (nSPS) is 16.9. The Morgan fingerprint density at radius 1 is 0.837 bits per heavy atom. The van der Waals surface area contributed by atoms with Crippen LogP contribution < -0.4 is 0 Å². The minimum Gasteiger partial charge on any atom is -0.481 e. The first-order valence-corrected chi connectivity index (χ1v) is 17.1. The number of carbonyl (C=O) groups is 3. The summed E-state index contributed by atoms with van der Waals surface area (Å²) in [6.45, 7) is 1.08. The second-order valence-corrected chi connectivity index (χ2v) is 12.6. The van der Waals surface area contributed by atoms with Crippen LogP contribution in [0.1, 0.15) is 94.7 Å². The number of ketones is 2. The number of nitrogens with zero attached hydrogens (tertiary/aromatic N) is 6. The number of allylic oxidation sites excluding steroid dienone is 1. The van der Waals surface area contributed by atoms with Gasteiger partial charge in [-0.1, -0.05) is 44.6 Å². The number of Topliss-reactive ketones (excluding diaryl/α,β-unsaturated/α-hetero) is 1. The summed E-state index contributed by atoms with van der Waals surface area (Å²) in [5, 5.41) is 14.4. The van der Waals surface area contributed by atoms with E-state index in [2.05, 4.69) is 24.5 Å². The van der Waals surface area contributed by atoms with Gasteiger partial charge < -0.3 is 19.3 Å². The number of aliphatic carboxylic acids is 1. The number of aryl methyl sites for hydroxylation is 1. The molecule has 260 valence electrons. The maximum atomic E-state index is 12.6. The van der Waals surface area contributed by atoms with Crippen LogP contribution in [0.2, 0.25) is 0 Å². The van der Waals surface area contributed by atoms with Gasteiger partial charge in [0.2, 0.25) is 0 Å². The summed E-state index contributed by atoms with van der Waals surface area (Å²) in [4.78, 5) is 50.9. The Bertz CT molecular complexity index is 1690. The van der Waals surface area contributed by atoms with Crippen LogP contribution in [0.5, 0.6) is 0 Å². The predicted molar refractivity (Wildman–Crippen MR) is 188 cm³/mol. The highest BCUT2D eigenvalue weighted by molar-refractivity contribution is 5.96. The van der Waals surface area contributed by atoms with E-state index in [1.807, 2.05) is 60.9 Å². The minimum absolute atomic E-state index is 0.106. The van der Waals surface area contributed by atoms with E-state index in [9.17, 15) is 9.59 Å². The second kappa shape index (κ2) is 18.7. The monoisotopic (exact) mass is 668 g/mol. The van der Waals surface area contributed by atoms with Gasteiger partial charge in [-0.3, -0.25) is 24.4 Å². The molecule has 3 aliphatic rings. The summed E-state index contributed by atoms with van der Waals surface area (Å²) >= 11 is 0. The number of carboxylic acids is 1. The highest BCUT2D eigenvalue weighted by Crippen LogP contribution is 2.41. The molecule has 11 heteroatoms. The summed E-state index contributed by atoms with van der Waals surface area (Å²) in [6.07, 6.45) is 30.4. The van der Waals surface area contributed by atoms with Crippen LogP contribution in [0.15, 0.2) is 68.0 Å². The van der Waals surface area contributed by atoms with Crippen molar-refractivity contribution in [1.82, 2.24) is 29.1 Å². The van der Waals surface area contributed by atoms with Crippen molar-refractivity contribution in [2.75, 3.05) is 7.11 Å². The van der Waals surface area contributed by atoms with E-state index in [1.165, 1.54) is 44.1 Å². The summed E-state index contributed by atoms with van der Waals surface area (Å²) in [5.41, 5.74) is 6.23. The van der Waals surface area contributed by atoms with E-state index in [4.69, 9.17) is 15.0 Å². The van der Waals surface area contributed by atoms with Gasteiger partial charge in [0.05, 0.1) is 36.3 Å². The van der Waals surface area contributed by atoms with Crippen LogP contribution in [-0.4, -0.2) is 63.9 Å². The fraction of sp³-hybridized carbons (Fsp3) is 0.447. The largest absolute Gasteiger partial charge is 0.481 e. The quantitative estimate of drug-likeness (QED) is 0.204. The Morgan fingerprint density at radius 3 is 2.08 bits per heavy atom. The summed E-state index contributed by atoms with van der Waals surface area (Å²) in [6, 6.07) is 4.07. The fourth-order valence-corrected chi connectivity index (χ4v) is 6.82. The third-order valence-corrected chi connectivity index (χ3v) is 9.22. The molecule has 0 aromatic carbocycles. The molecule has 1 unspecified atom stereocenters. The molecule has 0 radical (unpaired) electrons. The summed E-state index contributed by atoms with van der Waals surface area (Å²) in [5.74, 6) is 0.328. The molecule has 0 saturated heterocycles. The van der Waals surface area contributed by atoms with E-state index in [-0.39, 0.29) is 23.7 Å². The molecule has 2 N–H and O–H groups in total. The highest BCUT2D eigenvalue weighted by Gasteiger charge is 2.32. The van der Waals surface area contributed by atoms with Crippen molar-refractivity contribution in [2.24, 2.45) is 18.9 Å². The molecule has 4 aromatic rings. The fourth-order valence-electron chi connectivity index (χ4n) is 6.82. The molecule has 2 saturated carbocycles. The summed E-state index contributed by atoms with van der Waals surface area (Å²) in [7, 11) is 2.94. The lowest BCUT2D eigenvalue weighted by atomic mass is 9.83. The number of aliphatic hydroxyl groups excluding tert-OH is 1. The van der Waals surface area contributed by atoms with Gasteiger partial charge in [-0.15, -0.1) is 0 Å². The molecule has 0 amide bonds. The minimum atomic E-state index is -0.833. The highest BCUT2D eigenvalue weighted by atomic mass is 16.4. The molecule has 1 aliphatic heterocycles. The number of pyridine rings is 2. The molecular formula is C38H48N6O5. The van der Waals surface area contributed by atoms with Crippen molar-refractivity contribution >= 4 is 23.6 Å². The average molecular weight is 669 g/mol. The number of hydrogen-bond donors (Lipinski definition) is 2. The number of hydrogen-bond acceptors (Lipinski definition) is 8. The molecule has 2 fully saturated rings. The van der Waals surface area contributed by atoms with E-state index in [1.54, 1.807) is 24.8 Å². The van der Waals surface area contributed by atoms with Crippen LogP contribution in [0.3, 0.4) is 0 Å². The maximum Gasteiger partial charge on any atom is 0.300 e. The maximum absolute atomic E-state index is 12.6. The SMILES string of the molecule is CC(=O)O.CO.Cn1cnc(-c2cnccc2/C=C/C(=O)C2CCCCC2)c1.O=C(CC1c2ccncc2-c2cncn21)C1CCCCC1. The van der Waals surface area contributed by atoms with Gasteiger partial charge in [-0.2, -0.15) is 0 Å². The average Bonchev–Trinajstić information content (AvgIpc) is 3.86. The molecule has 2 aliphatic carbocycles. The van der Waals surface area contributed by atoms with Gasteiger partial charge in [0, 0.05) is 81.4 Å². The third kappa shape index (κ3) is 10.1. The van der Waals surface area contributed by atoms with Crippen LogP contribution in [0, 0.1) is 11.8 Å². The third-order valence-electron chi connectivity index (χ3n) is 9.22. The number of carbonyl (C=O) groups excluding carboxylic acids is 2. The zero-order valence-corrected chi connectivity index (χ0v) is 28.7. The zero-order chi connectivity index (χ0) is 35.2. The second-order valence-electron chi connectivity index (χ2n) is 12.6. The Hall–Kier alpha value is -4.77. The van der Waals surface area contributed by atoms with Crippen LogP contribution in [0.4, 0.5) is 0 Å². The van der Waals surface area contributed by atoms with Crippen molar-refractivity contribution < 1.29 is 24.6 Å². The topological polar surface area (TPSA) is 153 Å². The molecule has 49 heavy (non-hydrogen) atoms. The first kappa shape index (κ1) is 37.1. The number of imidazole rings is 2. The van der Waals surface area contributed by atoms with E-state index < -0.39 is 5.97 Å². The first-order valence-electron chi connectivity index (χ1n) is 17.1. The Kier molecular flexibility index (Phi) is 14.1. The molecule has 0 spiro atoms. The zero-order valence-electron chi connectivity index (χ0n) is 28.7. The van der Waals surface area contributed by atoms with Gasteiger partial charge in [-0.25, -0.2) is 9.97 Å². The lowest BCUT2D eigenvalue weighted by Crippen LogP contribution is -2.21.